The lowest BCUT2D eigenvalue weighted by atomic mass is 9.93. The number of ether oxygens (including phenoxy) is 3. The average molecular weight is 424 g/mol. The van der Waals surface area contributed by atoms with E-state index < -0.39 is 17.7 Å². The van der Waals surface area contributed by atoms with Gasteiger partial charge < -0.3 is 14.2 Å². The van der Waals surface area contributed by atoms with Crippen LogP contribution in [0, 0.1) is 0 Å². The minimum absolute atomic E-state index is 0.0227. The monoisotopic (exact) mass is 423 g/mol. The summed E-state index contributed by atoms with van der Waals surface area (Å²) in [5, 5.41) is 0. The lowest BCUT2D eigenvalue weighted by Gasteiger charge is -2.37. The Morgan fingerprint density at radius 2 is 1.86 bits per heavy atom. The molecule has 6 nitrogen and oxygen atoms in total. The lowest BCUT2D eigenvalue weighted by Crippen LogP contribution is -2.41. The third-order valence-electron chi connectivity index (χ3n) is 4.54. The normalized spacial score (nSPS) is 17.0. The van der Waals surface area contributed by atoms with Crippen LogP contribution in [0.2, 0.25) is 0 Å². The minimum Gasteiger partial charge on any atom is -0.493 e. The summed E-state index contributed by atoms with van der Waals surface area (Å²) in [7, 11) is 3.11. The predicted molar refractivity (Wildman–Crippen MR) is 113 cm³/mol. The molecule has 0 aliphatic carbocycles. The molecule has 2 rings (SSSR count). The molecule has 0 saturated heterocycles. The number of hydrogen-bond donors (Lipinski definition) is 0. The second-order valence-electron chi connectivity index (χ2n) is 7.93. The molecular formula is C22H30ClNO5. The van der Waals surface area contributed by atoms with E-state index in [1.807, 2.05) is 26.8 Å². The maximum absolute atomic E-state index is 13.1. The first kappa shape index (κ1) is 23.1. The summed E-state index contributed by atoms with van der Waals surface area (Å²) < 4.78 is 16.4. The zero-order valence-corrected chi connectivity index (χ0v) is 18.5. The van der Waals surface area contributed by atoms with Crippen molar-refractivity contribution in [2.75, 3.05) is 20.1 Å². The van der Waals surface area contributed by atoms with Gasteiger partial charge in [0.1, 0.15) is 5.60 Å². The third kappa shape index (κ3) is 6.13. The molecule has 1 heterocycles. The molecule has 1 atom stereocenters. The first-order valence-electron chi connectivity index (χ1n) is 9.73. The molecule has 29 heavy (non-hydrogen) atoms. The van der Waals surface area contributed by atoms with Crippen molar-refractivity contribution in [1.82, 2.24) is 4.90 Å². The Kier molecular flexibility index (Phi) is 7.96. The van der Waals surface area contributed by atoms with Gasteiger partial charge in [0.15, 0.2) is 17.3 Å². The van der Waals surface area contributed by atoms with E-state index in [2.05, 4.69) is 0 Å². The fourth-order valence-electron chi connectivity index (χ4n) is 3.27. The highest BCUT2D eigenvalue weighted by atomic mass is 35.5. The zero-order valence-electron chi connectivity index (χ0n) is 17.8. The van der Waals surface area contributed by atoms with Crippen LogP contribution >= 0.6 is 11.6 Å². The quantitative estimate of drug-likeness (QED) is 0.442. The number of ketones is 1. The predicted octanol–water partition coefficient (Wildman–Crippen LogP) is 5.25. The molecule has 0 spiro atoms. The number of hydrogen-bond acceptors (Lipinski definition) is 5. The van der Waals surface area contributed by atoms with Crippen LogP contribution in [0.5, 0.6) is 11.5 Å². The summed E-state index contributed by atoms with van der Waals surface area (Å²) in [4.78, 5) is 27.2. The molecule has 0 aromatic heterocycles. The topological polar surface area (TPSA) is 65.1 Å². The van der Waals surface area contributed by atoms with Crippen LogP contribution in [0.3, 0.4) is 0 Å². The number of halogens is 1. The van der Waals surface area contributed by atoms with Gasteiger partial charge in [-0.2, -0.15) is 0 Å². The standard InChI is InChI=1S/C22H30ClNO5/c1-22(2,3)29-21(26)24-16(8-6-7-11-23)13-17(25)14-18(24)15-9-10-19(27-4)20(12-15)28-5/h9-10,12-13,18H,6-8,11,14H2,1-5H3/t18-/m0/s1. The van der Waals surface area contributed by atoms with Crippen molar-refractivity contribution in [3.05, 3.63) is 35.5 Å². The van der Waals surface area contributed by atoms with E-state index in [9.17, 15) is 9.59 Å². The molecule has 0 unspecified atom stereocenters. The average Bonchev–Trinajstić information content (AvgIpc) is 2.65. The Labute approximate surface area is 177 Å². The van der Waals surface area contributed by atoms with E-state index in [1.165, 1.54) is 0 Å². The van der Waals surface area contributed by atoms with E-state index >= 15 is 0 Å². The highest BCUT2D eigenvalue weighted by molar-refractivity contribution is 6.17. The Morgan fingerprint density at radius 3 is 2.45 bits per heavy atom. The Bertz CT molecular complexity index is 769. The number of carbonyl (C=O) groups is 2. The highest BCUT2D eigenvalue weighted by Crippen LogP contribution is 2.38. The maximum Gasteiger partial charge on any atom is 0.415 e. The molecule has 0 saturated carbocycles. The molecule has 1 amide bonds. The molecule has 1 aromatic rings. The van der Waals surface area contributed by atoms with Gasteiger partial charge in [0.25, 0.3) is 0 Å². The summed E-state index contributed by atoms with van der Waals surface area (Å²) in [5.74, 6) is 1.64. The number of benzene rings is 1. The third-order valence-corrected chi connectivity index (χ3v) is 4.81. The summed E-state index contributed by atoms with van der Waals surface area (Å²) in [6, 6.07) is 4.94. The molecule has 0 fully saturated rings. The summed E-state index contributed by atoms with van der Waals surface area (Å²) in [6.45, 7) is 5.47. The largest absolute Gasteiger partial charge is 0.493 e. The Hall–Kier alpha value is -2.21. The number of methoxy groups -OCH3 is 2. The Balaban J connectivity index is 2.45. The first-order valence-corrected chi connectivity index (χ1v) is 10.3. The summed E-state index contributed by atoms with van der Waals surface area (Å²) in [6.07, 6.45) is 3.41. The molecule has 0 N–H and O–H groups in total. The molecular weight excluding hydrogens is 394 g/mol. The van der Waals surface area contributed by atoms with Crippen LogP contribution in [-0.4, -0.2) is 42.5 Å². The van der Waals surface area contributed by atoms with Crippen molar-refractivity contribution in [2.24, 2.45) is 0 Å². The molecule has 0 bridgehead atoms. The molecule has 160 valence electrons. The van der Waals surface area contributed by atoms with E-state index in [0.717, 1.165) is 18.4 Å². The van der Waals surface area contributed by atoms with Crippen LogP contribution in [0.25, 0.3) is 0 Å². The number of unbranched alkanes of at least 4 members (excludes halogenated alkanes) is 1. The fraction of sp³-hybridized carbons (Fsp3) is 0.545. The number of rotatable bonds is 7. The second-order valence-corrected chi connectivity index (χ2v) is 8.31. The molecule has 1 aliphatic rings. The smallest absolute Gasteiger partial charge is 0.415 e. The van der Waals surface area contributed by atoms with Crippen LogP contribution in [0.4, 0.5) is 4.79 Å². The van der Waals surface area contributed by atoms with Crippen molar-refractivity contribution in [1.29, 1.82) is 0 Å². The second kappa shape index (κ2) is 10.0. The molecule has 1 aromatic carbocycles. The van der Waals surface area contributed by atoms with Gasteiger partial charge in [0, 0.05) is 24.1 Å². The van der Waals surface area contributed by atoms with E-state index in [0.29, 0.717) is 29.5 Å². The van der Waals surface area contributed by atoms with Crippen LogP contribution in [0.1, 0.15) is 58.1 Å². The van der Waals surface area contributed by atoms with E-state index in [-0.39, 0.29) is 12.2 Å². The zero-order chi connectivity index (χ0) is 21.6. The van der Waals surface area contributed by atoms with Gasteiger partial charge >= 0.3 is 6.09 Å². The van der Waals surface area contributed by atoms with Crippen LogP contribution < -0.4 is 9.47 Å². The lowest BCUT2D eigenvalue weighted by molar-refractivity contribution is -0.116. The number of allylic oxidation sites excluding steroid dienone is 2. The fourth-order valence-corrected chi connectivity index (χ4v) is 3.46. The van der Waals surface area contributed by atoms with Crippen molar-refractivity contribution in [3.63, 3.8) is 0 Å². The summed E-state index contributed by atoms with van der Waals surface area (Å²) >= 11 is 5.80. The number of carbonyl (C=O) groups excluding carboxylic acids is 2. The SMILES string of the molecule is COc1ccc([C@@H]2CC(=O)C=C(CCCCCl)N2C(=O)OC(C)(C)C)cc1OC. The molecule has 1 aliphatic heterocycles. The summed E-state index contributed by atoms with van der Waals surface area (Å²) in [5.41, 5.74) is 0.785. The van der Waals surface area contributed by atoms with Gasteiger partial charge in [-0.3, -0.25) is 9.69 Å². The van der Waals surface area contributed by atoms with Gasteiger partial charge in [-0.05, 0) is 57.7 Å². The minimum atomic E-state index is -0.651. The van der Waals surface area contributed by atoms with Crippen molar-refractivity contribution in [3.8, 4) is 11.5 Å². The number of alkyl halides is 1. The van der Waals surface area contributed by atoms with Gasteiger partial charge in [-0.15, -0.1) is 11.6 Å². The van der Waals surface area contributed by atoms with E-state index in [4.69, 9.17) is 25.8 Å². The van der Waals surface area contributed by atoms with Gasteiger partial charge in [-0.1, -0.05) is 6.07 Å². The van der Waals surface area contributed by atoms with Gasteiger partial charge in [-0.25, -0.2) is 4.79 Å². The van der Waals surface area contributed by atoms with Crippen LogP contribution in [-0.2, 0) is 9.53 Å². The number of nitrogens with zero attached hydrogens (tertiary/aromatic N) is 1. The van der Waals surface area contributed by atoms with Gasteiger partial charge in [0.05, 0.1) is 20.3 Å². The van der Waals surface area contributed by atoms with Crippen molar-refractivity contribution < 1.29 is 23.8 Å². The van der Waals surface area contributed by atoms with Crippen molar-refractivity contribution >= 4 is 23.5 Å². The maximum atomic E-state index is 13.1. The first-order chi connectivity index (χ1) is 13.7. The Morgan fingerprint density at radius 1 is 1.17 bits per heavy atom. The highest BCUT2D eigenvalue weighted by Gasteiger charge is 2.36. The van der Waals surface area contributed by atoms with Gasteiger partial charge in [0.2, 0.25) is 0 Å². The molecule has 7 heteroatoms. The van der Waals surface area contributed by atoms with Crippen LogP contribution in [0.15, 0.2) is 30.0 Å². The number of amides is 1. The van der Waals surface area contributed by atoms with Crippen molar-refractivity contribution in [2.45, 2.75) is 58.1 Å². The van der Waals surface area contributed by atoms with E-state index in [1.54, 1.807) is 37.3 Å². The molecule has 0 radical (unpaired) electrons.